The topological polar surface area (TPSA) is 282 Å². The van der Waals surface area contributed by atoms with Crippen LogP contribution >= 0.6 is 0 Å². The molecule has 0 fully saturated rings. The average molecular weight is 1050 g/mol. The number of carbonyl (C=O) groups is 6. The average Bonchev–Trinajstić information content (AvgIpc) is 4.18. The number of nitrogens with one attached hydrogen (secondary N) is 6. The van der Waals surface area contributed by atoms with Gasteiger partial charge in [-0.3, -0.25) is 38.6 Å². The van der Waals surface area contributed by atoms with Gasteiger partial charge in [0.15, 0.2) is 0 Å². The fourth-order valence-corrected chi connectivity index (χ4v) is 9.34. The second kappa shape index (κ2) is 26.1. The van der Waals surface area contributed by atoms with E-state index in [9.17, 15) is 49.2 Å². The van der Waals surface area contributed by atoms with E-state index in [-0.39, 0.29) is 61.4 Å². The van der Waals surface area contributed by atoms with Crippen LogP contribution in [-0.4, -0.2) is 163 Å². The van der Waals surface area contributed by atoms with E-state index in [0.717, 1.165) is 22.3 Å². The van der Waals surface area contributed by atoms with E-state index in [1.807, 2.05) is 34.1 Å². The molecule has 10 N–H and O–H groups in total. The standard InChI is InChI=1S/C54H68N12O10/c1-61-33-41(27-45(61)51(73)55-13-5-15-65(17-21-67)18-22-68)59-53(75)47-29-39(31-63(47)3)57-49(71)37-9-11-43-35(25-37)7-8-36-26-38(10-12-44(36)43)50(72)58-40-30-48(64(4)32-40)54(76)60-42-28-46(62(2)34-42)52(74)56-14-6-16-66(19-23-69)20-24-70/h9-12,25-34,67-70H,5-8,13-24H2,1-4H3,(H,55,73)(H,56,74)(H,57,71)(H,58,72)(H,59,75)(H,60,76). The SMILES string of the molecule is Cn1cc(NC(=O)c2cc(NC(=O)c3ccc4c(c3)CCc3cc(C(=O)Nc5cc(C(=O)Nc6cc(C(=O)NCCCN(CCO)CCO)n(C)c6)n(C)c5)ccc3-4)cn2C)cc1C(=O)NCCCN(CCO)CCO. The molecule has 1 aliphatic carbocycles. The Morgan fingerprint density at radius 3 is 1.04 bits per heavy atom. The van der Waals surface area contributed by atoms with E-state index in [4.69, 9.17) is 0 Å². The smallest absolute Gasteiger partial charge is 0.272 e. The van der Waals surface area contributed by atoms with Crippen molar-refractivity contribution in [3.05, 3.63) is 130 Å². The van der Waals surface area contributed by atoms with Crippen LogP contribution in [0.3, 0.4) is 0 Å². The second-order valence-corrected chi connectivity index (χ2v) is 18.8. The lowest BCUT2D eigenvalue weighted by molar-refractivity contribution is 0.0934. The van der Waals surface area contributed by atoms with Crippen molar-refractivity contribution in [2.24, 2.45) is 28.2 Å². The van der Waals surface area contributed by atoms with Crippen molar-refractivity contribution in [1.82, 2.24) is 38.7 Å². The van der Waals surface area contributed by atoms with E-state index >= 15 is 0 Å². The lowest BCUT2D eigenvalue weighted by atomic mass is 9.84. The lowest BCUT2D eigenvalue weighted by Gasteiger charge is -2.21. The number of rotatable bonds is 26. The van der Waals surface area contributed by atoms with Crippen molar-refractivity contribution in [1.29, 1.82) is 0 Å². The minimum Gasteiger partial charge on any atom is -0.395 e. The Kier molecular flexibility index (Phi) is 19.2. The van der Waals surface area contributed by atoms with E-state index in [2.05, 4.69) is 31.9 Å². The predicted octanol–water partition coefficient (Wildman–Crippen LogP) is 2.63. The summed E-state index contributed by atoms with van der Waals surface area (Å²) in [5, 5.41) is 54.1. The molecule has 0 spiro atoms. The van der Waals surface area contributed by atoms with Crippen LogP contribution in [0.2, 0.25) is 0 Å². The van der Waals surface area contributed by atoms with Crippen molar-refractivity contribution < 1.29 is 49.2 Å². The normalized spacial score (nSPS) is 11.8. The van der Waals surface area contributed by atoms with Crippen molar-refractivity contribution in [2.75, 3.05) is 100 Å². The Bertz CT molecular complexity index is 2840. The number of hydrogen-bond acceptors (Lipinski definition) is 12. The van der Waals surface area contributed by atoms with E-state index < -0.39 is 11.8 Å². The molecule has 6 amide bonds. The lowest BCUT2D eigenvalue weighted by Crippen LogP contribution is -2.33. The monoisotopic (exact) mass is 1040 g/mol. The van der Waals surface area contributed by atoms with Crippen molar-refractivity contribution in [3.63, 3.8) is 0 Å². The molecule has 0 saturated carbocycles. The van der Waals surface area contributed by atoms with Gasteiger partial charge in [-0.05, 0) is 110 Å². The third kappa shape index (κ3) is 14.1. The van der Waals surface area contributed by atoms with Gasteiger partial charge in [0.2, 0.25) is 0 Å². The highest BCUT2D eigenvalue weighted by atomic mass is 16.3. The van der Waals surface area contributed by atoms with Crippen LogP contribution in [0, 0.1) is 0 Å². The van der Waals surface area contributed by atoms with Crippen molar-refractivity contribution in [3.8, 4) is 11.1 Å². The highest BCUT2D eigenvalue weighted by Gasteiger charge is 2.23. The maximum absolute atomic E-state index is 13.6. The van der Waals surface area contributed by atoms with Gasteiger partial charge in [-0.2, -0.15) is 0 Å². The van der Waals surface area contributed by atoms with Crippen LogP contribution in [0.4, 0.5) is 22.7 Å². The summed E-state index contributed by atoms with van der Waals surface area (Å²) in [5.41, 5.74) is 7.66. The first-order valence-electron chi connectivity index (χ1n) is 25.2. The van der Waals surface area contributed by atoms with Gasteiger partial charge in [0.1, 0.15) is 22.8 Å². The number of nitrogens with zero attached hydrogens (tertiary/aromatic N) is 6. The van der Waals surface area contributed by atoms with E-state index in [1.165, 1.54) is 0 Å². The van der Waals surface area contributed by atoms with Gasteiger partial charge in [0, 0.05) is 103 Å². The van der Waals surface area contributed by atoms with Gasteiger partial charge >= 0.3 is 0 Å². The van der Waals surface area contributed by atoms with Crippen LogP contribution in [0.1, 0.15) is 86.6 Å². The zero-order valence-electron chi connectivity index (χ0n) is 43.3. The Morgan fingerprint density at radius 2 is 0.724 bits per heavy atom. The number of aliphatic hydroxyl groups excluding tert-OH is 4. The first-order valence-corrected chi connectivity index (χ1v) is 25.2. The van der Waals surface area contributed by atoms with E-state index in [1.54, 1.807) is 108 Å². The highest BCUT2D eigenvalue weighted by molar-refractivity contribution is 6.09. The zero-order valence-corrected chi connectivity index (χ0v) is 43.3. The third-order valence-corrected chi connectivity index (χ3v) is 13.2. The Balaban J connectivity index is 0.900. The number of amides is 6. The molecule has 4 heterocycles. The summed E-state index contributed by atoms with van der Waals surface area (Å²) in [6.07, 6.45) is 9.06. The van der Waals surface area contributed by atoms with Crippen LogP contribution in [0.25, 0.3) is 11.1 Å². The quantitative estimate of drug-likeness (QED) is 0.0351. The number of aliphatic hydroxyl groups is 4. The largest absolute Gasteiger partial charge is 0.395 e. The summed E-state index contributed by atoms with van der Waals surface area (Å²) in [6, 6.07) is 17.3. The summed E-state index contributed by atoms with van der Waals surface area (Å²) in [6.45, 7) is 3.65. The third-order valence-electron chi connectivity index (χ3n) is 13.2. The predicted molar refractivity (Wildman–Crippen MR) is 288 cm³/mol. The molecule has 0 aliphatic heterocycles. The van der Waals surface area contributed by atoms with Crippen LogP contribution < -0.4 is 31.9 Å². The molecule has 0 saturated heterocycles. The van der Waals surface area contributed by atoms with Crippen LogP contribution in [-0.2, 0) is 41.0 Å². The Labute approximate surface area is 440 Å². The molecule has 1 aliphatic rings. The van der Waals surface area contributed by atoms with E-state index in [0.29, 0.717) is 123 Å². The molecule has 0 atom stereocenters. The summed E-state index contributed by atoms with van der Waals surface area (Å²) in [4.78, 5) is 83.6. The van der Waals surface area contributed by atoms with Gasteiger partial charge in [0.25, 0.3) is 35.4 Å². The molecule has 0 unspecified atom stereocenters. The summed E-state index contributed by atoms with van der Waals surface area (Å²) >= 11 is 0. The van der Waals surface area contributed by atoms with Gasteiger partial charge in [0.05, 0.1) is 49.2 Å². The van der Waals surface area contributed by atoms with Gasteiger partial charge in [-0.15, -0.1) is 0 Å². The molecular formula is C54H68N12O10. The number of anilines is 4. The minimum absolute atomic E-state index is 0.0197. The number of hydrogen-bond donors (Lipinski definition) is 10. The molecule has 2 aromatic carbocycles. The number of benzene rings is 2. The van der Waals surface area contributed by atoms with Crippen molar-refractivity contribution in [2.45, 2.75) is 25.7 Å². The summed E-state index contributed by atoms with van der Waals surface area (Å²) < 4.78 is 6.43. The molecule has 7 rings (SSSR count). The molecular weight excluding hydrogens is 977 g/mol. The van der Waals surface area contributed by atoms with Crippen LogP contribution in [0.15, 0.2) is 85.5 Å². The highest BCUT2D eigenvalue weighted by Crippen LogP contribution is 2.35. The molecule has 76 heavy (non-hydrogen) atoms. The molecule has 22 nitrogen and oxygen atoms in total. The fourth-order valence-electron chi connectivity index (χ4n) is 9.34. The molecule has 0 bridgehead atoms. The minimum atomic E-state index is -0.438. The maximum Gasteiger partial charge on any atom is 0.272 e. The van der Waals surface area contributed by atoms with Crippen molar-refractivity contribution >= 4 is 58.2 Å². The van der Waals surface area contributed by atoms with Crippen LogP contribution in [0.5, 0.6) is 0 Å². The molecule has 0 radical (unpaired) electrons. The molecule has 22 heteroatoms. The summed E-state index contributed by atoms with van der Waals surface area (Å²) in [7, 11) is 6.79. The maximum atomic E-state index is 13.6. The van der Waals surface area contributed by atoms with Gasteiger partial charge < -0.3 is 70.6 Å². The van der Waals surface area contributed by atoms with Gasteiger partial charge in [-0.25, -0.2) is 0 Å². The second-order valence-electron chi connectivity index (χ2n) is 18.8. The Hall–Kier alpha value is -7.86. The number of carbonyl (C=O) groups excluding carboxylic acids is 6. The number of aryl methyl sites for hydroxylation is 6. The molecule has 4 aromatic heterocycles. The van der Waals surface area contributed by atoms with Gasteiger partial charge in [-0.1, -0.05) is 12.1 Å². The molecule has 404 valence electrons. The number of fused-ring (bicyclic) bond motifs is 3. The zero-order chi connectivity index (χ0) is 54.5. The first-order chi connectivity index (χ1) is 36.6. The number of aromatic nitrogens is 4. The Morgan fingerprint density at radius 1 is 0.421 bits per heavy atom. The fraction of sp³-hybridized carbons (Fsp3) is 0.370. The summed E-state index contributed by atoms with van der Waals surface area (Å²) in [5.74, 6) is -2.21. The first kappa shape index (κ1) is 55.9. The molecule has 6 aromatic rings.